The zero-order valence-corrected chi connectivity index (χ0v) is 17.2. The Balaban J connectivity index is 1.51. The summed E-state index contributed by atoms with van der Waals surface area (Å²) in [6.07, 6.45) is 1.06. The van der Waals surface area contributed by atoms with E-state index in [-0.39, 0.29) is 5.91 Å². The minimum absolute atomic E-state index is 0.101. The van der Waals surface area contributed by atoms with Crippen LogP contribution in [0.4, 0.5) is 11.4 Å². The van der Waals surface area contributed by atoms with E-state index in [1.165, 1.54) is 16.2 Å². The average molecular weight is 383 g/mol. The number of carbonyl (C=O) groups excluding carboxylic acids is 1. The van der Waals surface area contributed by atoms with Gasteiger partial charge in [-0.15, -0.1) is 0 Å². The van der Waals surface area contributed by atoms with Gasteiger partial charge >= 0.3 is 0 Å². The van der Waals surface area contributed by atoms with Crippen LogP contribution in [-0.2, 0) is 4.79 Å². The first-order valence-corrected chi connectivity index (χ1v) is 10.2. The smallest absolute Gasteiger partial charge is 0.279 e. The molecule has 5 heteroatoms. The molecule has 1 fully saturated rings. The van der Waals surface area contributed by atoms with Crippen LogP contribution in [0.15, 0.2) is 48.5 Å². The Morgan fingerprint density at radius 3 is 2.46 bits per heavy atom. The van der Waals surface area contributed by atoms with E-state index in [2.05, 4.69) is 42.3 Å². The number of benzene rings is 2. The Morgan fingerprint density at radius 2 is 1.82 bits per heavy atom. The number of nitrogens with one attached hydrogen (secondary N) is 2. The minimum Gasteiger partial charge on any atom is -0.497 e. The molecule has 28 heavy (non-hydrogen) atoms. The van der Waals surface area contributed by atoms with Crippen LogP contribution < -0.4 is 19.9 Å². The number of quaternary nitrogens is 1. The number of ether oxygens (including phenoxy) is 1. The molecule has 2 aromatic rings. The summed E-state index contributed by atoms with van der Waals surface area (Å²) in [5.41, 5.74) is 3.39. The molecule has 0 aromatic heterocycles. The molecule has 5 nitrogen and oxygen atoms in total. The van der Waals surface area contributed by atoms with Crippen molar-refractivity contribution < 1.29 is 14.4 Å². The molecule has 3 rings (SSSR count). The first-order chi connectivity index (χ1) is 13.6. The molecule has 1 heterocycles. The molecule has 0 saturated carbocycles. The largest absolute Gasteiger partial charge is 0.497 e. The van der Waals surface area contributed by atoms with Gasteiger partial charge in [-0.1, -0.05) is 32.0 Å². The number of piperazine rings is 1. The quantitative estimate of drug-likeness (QED) is 0.774. The van der Waals surface area contributed by atoms with Crippen LogP contribution in [0.2, 0.25) is 0 Å². The Kier molecular flexibility index (Phi) is 6.93. The van der Waals surface area contributed by atoms with Gasteiger partial charge in [0.05, 0.1) is 33.3 Å². The summed E-state index contributed by atoms with van der Waals surface area (Å²) in [7, 11) is 1.68. The van der Waals surface area contributed by atoms with Gasteiger partial charge in [-0.3, -0.25) is 4.79 Å². The van der Waals surface area contributed by atoms with Gasteiger partial charge in [-0.05, 0) is 48.2 Å². The second kappa shape index (κ2) is 9.60. The predicted molar refractivity (Wildman–Crippen MR) is 115 cm³/mol. The van der Waals surface area contributed by atoms with E-state index in [0.717, 1.165) is 44.0 Å². The van der Waals surface area contributed by atoms with E-state index >= 15 is 0 Å². The number of carbonyl (C=O) groups is 1. The summed E-state index contributed by atoms with van der Waals surface area (Å²) >= 11 is 0. The van der Waals surface area contributed by atoms with Gasteiger partial charge in [0.1, 0.15) is 5.75 Å². The molecule has 1 aliphatic heterocycles. The van der Waals surface area contributed by atoms with Gasteiger partial charge in [0, 0.05) is 11.4 Å². The monoisotopic (exact) mass is 382 g/mol. The van der Waals surface area contributed by atoms with Crippen molar-refractivity contribution >= 4 is 17.3 Å². The normalized spacial score (nSPS) is 15.9. The number of methoxy groups -OCH3 is 1. The number of hydrogen-bond donors (Lipinski definition) is 2. The van der Waals surface area contributed by atoms with Gasteiger partial charge in [-0.25, -0.2) is 0 Å². The third-order valence-electron chi connectivity index (χ3n) is 5.70. The molecule has 1 atom stereocenters. The topological polar surface area (TPSA) is 46.0 Å². The van der Waals surface area contributed by atoms with E-state index < -0.39 is 0 Å². The summed E-state index contributed by atoms with van der Waals surface area (Å²) in [4.78, 5) is 16.3. The maximum absolute atomic E-state index is 12.6. The van der Waals surface area contributed by atoms with E-state index in [0.29, 0.717) is 12.5 Å². The Labute approximate surface area is 168 Å². The highest BCUT2D eigenvalue weighted by molar-refractivity contribution is 5.92. The molecule has 0 radical (unpaired) electrons. The van der Waals surface area contributed by atoms with Crippen LogP contribution in [0, 0.1) is 0 Å². The molecule has 0 bridgehead atoms. The molecule has 1 amide bonds. The van der Waals surface area contributed by atoms with Gasteiger partial charge < -0.3 is 19.9 Å². The molecule has 0 unspecified atom stereocenters. The molecule has 0 spiro atoms. The summed E-state index contributed by atoms with van der Waals surface area (Å²) in [5, 5.41) is 3.14. The predicted octanol–water partition coefficient (Wildman–Crippen LogP) is 2.55. The highest BCUT2D eigenvalue weighted by Gasteiger charge is 2.23. The number of amides is 1. The molecular formula is C23H32N3O2+. The Hall–Kier alpha value is -2.53. The zero-order chi connectivity index (χ0) is 19.9. The highest BCUT2D eigenvalue weighted by Crippen LogP contribution is 2.26. The number of rotatable bonds is 7. The van der Waals surface area contributed by atoms with Crippen molar-refractivity contribution in [3.8, 4) is 5.75 Å². The second-order valence-electron chi connectivity index (χ2n) is 7.56. The lowest BCUT2D eigenvalue weighted by molar-refractivity contribution is -0.892. The summed E-state index contributed by atoms with van der Waals surface area (Å²) in [6, 6.07) is 16.3. The van der Waals surface area contributed by atoms with Gasteiger partial charge in [0.25, 0.3) is 5.91 Å². The fourth-order valence-electron chi connectivity index (χ4n) is 3.73. The fraction of sp³-hybridized carbons (Fsp3) is 0.435. The lowest BCUT2D eigenvalue weighted by atomic mass is 9.97. The molecule has 2 aromatic carbocycles. The standard InChI is InChI=1S/C23H31N3O2/c1-4-18(2)21-7-5-6-8-22(21)24-23(27)17-25-13-15-26(16-14-25)19-9-11-20(28-3)12-10-19/h5-12,18H,4,13-17H2,1-3H3,(H,24,27)/p+1/t18-/m0/s1. The summed E-state index contributed by atoms with van der Waals surface area (Å²) in [5.74, 6) is 1.42. The van der Waals surface area contributed by atoms with Crippen LogP contribution in [0.3, 0.4) is 0 Å². The molecule has 0 aliphatic carbocycles. The molecule has 1 aliphatic rings. The van der Waals surface area contributed by atoms with Crippen LogP contribution in [0.25, 0.3) is 0 Å². The van der Waals surface area contributed by atoms with Crippen LogP contribution in [0.1, 0.15) is 31.7 Å². The van der Waals surface area contributed by atoms with Crippen molar-refractivity contribution in [2.24, 2.45) is 0 Å². The van der Waals surface area contributed by atoms with Crippen molar-refractivity contribution in [1.29, 1.82) is 0 Å². The SMILES string of the molecule is CC[C@H](C)c1ccccc1NC(=O)C[NH+]1CCN(c2ccc(OC)cc2)CC1. The number of nitrogens with zero attached hydrogens (tertiary/aromatic N) is 1. The van der Waals surface area contributed by atoms with E-state index in [1.54, 1.807) is 7.11 Å². The Morgan fingerprint density at radius 1 is 1.14 bits per heavy atom. The lowest BCUT2D eigenvalue weighted by Crippen LogP contribution is -3.15. The first-order valence-electron chi connectivity index (χ1n) is 10.2. The maximum atomic E-state index is 12.6. The summed E-state index contributed by atoms with van der Waals surface area (Å²) in [6.45, 7) is 8.74. The molecule has 150 valence electrons. The van der Waals surface area contributed by atoms with Crippen molar-refractivity contribution in [2.45, 2.75) is 26.2 Å². The third kappa shape index (κ3) is 5.04. The van der Waals surface area contributed by atoms with Gasteiger partial charge in [0.15, 0.2) is 6.54 Å². The second-order valence-corrected chi connectivity index (χ2v) is 7.56. The van der Waals surface area contributed by atoms with Gasteiger partial charge in [-0.2, -0.15) is 0 Å². The molecular weight excluding hydrogens is 350 g/mol. The average Bonchev–Trinajstić information content (AvgIpc) is 2.74. The molecule has 2 N–H and O–H groups in total. The minimum atomic E-state index is 0.101. The maximum Gasteiger partial charge on any atom is 0.279 e. The first kappa shape index (κ1) is 20.2. The lowest BCUT2D eigenvalue weighted by Gasteiger charge is -2.33. The van der Waals surface area contributed by atoms with Crippen molar-refractivity contribution in [3.05, 3.63) is 54.1 Å². The number of anilines is 2. The number of para-hydroxylation sites is 1. The highest BCUT2D eigenvalue weighted by atomic mass is 16.5. The van der Waals surface area contributed by atoms with Crippen molar-refractivity contribution in [2.75, 3.05) is 50.1 Å². The van der Waals surface area contributed by atoms with Crippen LogP contribution in [0.5, 0.6) is 5.75 Å². The Bertz CT molecular complexity index is 768. The van der Waals surface area contributed by atoms with Crippen LogP contribution in [-0.4, -0.2) is 45.7 Å². The number of hydrogen-bond acceptors (Lipinski definition) is 3. The van der Waals surface area contributed by atoms with E-state index in [9.17, 15) is 4.79 Å². The third-order valence-corrected chi connectivity index (χ3v) is 5.70. The van der Waals surface area contributed by atoms with Crippen molar-refractivity contribution in [3.63, 3.8) is 0 Å². The fourth-order valence-corrected chi connectivity index (χ4v) is 3.73. The van der Waals surface area contributed by atoms with Crippen molar-refractivity contribution in [1.82, 2.24) is 0 Å². The van der Waals surface area contributed by atoms with E-state index in [1.807, 2.05) is 30.3 Å². The van der Waals surface area contributed by atoms with E-state index in [4.69, 9.17) is 4.74 Å². The zero-order valence-electron chi connectivity index (χ0n) is 17.2. The van der Waals surface area contributed by atoms with Crippen LogP contribution >= 0.6 is 0 Å². The molecule has 1 saturated heterocycles. The van der Waals surface area contributed by atoms with Gasteiger partial charge in [0.2, 0.25) is 0 Å². The summed E-state index contributed by atoms with van der Waals surface area (Å²) < 4.78 is 5.23.